The van der Waals surface area contributed by atoms with Gasteiger partial charge in [0.2, 0.25) is 0 Å². The molecule has 5 atom stereocenters. The van der Waals surface area contributed by atoms with E-state index < -0.39 is 43.2 Å². The summed E-state index contributed by atoms with van der Waals surface area (Å²) in [4.78, 5) is 0. The van der Waals surface area contributed by atoms with Crippen molar-refractivity contribution in [1.29, 1.82) is 0 Å². The Labute approximate surface area is 122 Å². The molecule has 6 nitrogen and oxygen atoms in total. The van der Waals surface area contributed by atoms with Crippen molar-refractivity contribution in [3.8, 4) is 0 Å². The number of aliphatic hydroxyl groups is 5. The van der Waals surface area contributed by atoms with Crippen molar-refractivity contribution in [3.63, 3.8) is 0 Å². The second-order valence-corrected chi connectivity index (χ2v) is 5.12. The van der Waals surface area contributed by atoms with Gasteiger partial charge in [-0.3, -0.25) is 0 Å². The molecule has 0 spiro atoms. The maximum absolute atomic E-state index is 10.1. The third-order valence-corrected chi connectivity index (χ3v) is 3.71. The van der Waals surface area contributed by atoms with Crippen LogP contribution in [0.1, 0.15) is 5.56 Å². The molecule has 0 bridgehead atoms. The Hall–Kier alpha value is -1.28. The van der Waals surface area contributed by atoms with Crippen molar-refractivity contribution < 1.29 is 30.3 Å². The number of hydrogen-bond donors (Lipinski definition) is 5. The summed E-state index contributed by atoms with van der Waals surface area (Å²) >= 11 is 0. The second kappa shape index (κ2) is 6.65. The summed E-state index contributed by atoms with van der Waals surface area (Å²) in [6.07, 6.45) is -2.47. The van der Waals surface area contributed by atoms with Gasteiger partial charge in [-0.05, 0) is 11.6 Å². The van der Waals surface area contributed by atoms with Crippen LogP contribution in [-0.2, 0) is 4.74 Å². The van der Waals surface area contributed by atoms with Crippen LogP contribution in [-0.4, -0.2) is 68.8 Å². The van der Waals surface area contributed by atoms with E-state index in [1.165, 1.54) is 6.08 Å². The second-order valence-electron chi connectivity index (χ2n) is 5.12. The molecule has 0 unspecified atom stereocenters. The highest BCUT2D eigenvalue weighted by atomic mass is 16.6. The van der Waals surface area contributed by atoms with Crippen LogP contribution in [0.15, 0.2) is 36.4 Å². The molecule has 0 saturated carbocycles. The molecule has 0 amide bonds. The largest absolute Gasteiger partial charge is 0.394 e. The van der Waals surface area contributed by atoms with Crippen molar-refractivity contribution in [2.45, 2.75) is 30.0 Å². The zero-order chi connectivity index (χ0) is 15.5. The summed E-state index contributed by atoms with van der Waals surface area (Å²) in [5, 5.41) is 48.5. The average molecular weight is 296 g/mol. The Balaban J connectivity index is 2.28. The first kappa shape index (κ1) is 16.1. The highest BCUT2D eigenvalue weighted by Crippen LogP contribution is 2.31. The van der Waals surface area contributed by atoms with Gasteiger partial charge in [0, 0.05) is 0 Å². The molecule has 0 radical (unpaired) electrons. The van der Waals surface area contributed by atoms with Crippen LogP contribution in [0.5, 0.6) is 0 Å². The molecule has 21 heavy (non-hydrogen) atoms. The Morgan fingerprint density at radius 1 is 1.05 bits per heavy atom. The molecule has 6 heteroatoms. The Bertz CT molecular complexity index is 474. The van der Waals surface area contributed by atoms with Gasteiger partial charge in [0.15, 0.2) is 0 Å². The lowest BCUT2D eigenvalue weighted by atomic mass is 9.84. The maximum atomic E-state index is 10.1. The van der Waals surface area contributed by atoms with E-state index in [1.54, 1.807) is 6.08 Å². The predicted octanol–water partition coefficient (Wildman–Crippen LogP) is -1.10. The van der Waals surface area contributed by atoms with Crippen molar-refractivity contribution >= 4 is 6.08 Å². The molecule has 116 valence electrons. The Morgan fingerprint density at radius 2 is 1.71 bits per heavy atom. The molecular formula is C15H20O6. The lowest BCUT2D eigenvalue weighted by Crippen LogP contribution is -2.65. The molecular weight excluding hydrogens is 276 g/mol. The summed E-state index contributed by atoms with van der Waals surface area (Å²) < 4.78 is 5.44. The van der Waals surface area contributed by atoms with E-state index >= 15 is 0 Å². The smallest absolute Gasteiger partial charge is 0.138 e. The lowest BCUT2D eigenvalue weighted by Gasteiger charge is -2.46. The van der Waals surface area contributed by atoms with E-state index in [9.17, 15) is 25.5 Å². The van der Waals surface area contributed by atoms with Gasteiger partial charge >= 0.3 is 0 Å². The number of ether oxygens (including phenoxy) is 1. The zero-order valence-corrected chi connectivity index (χ0v) is 11.4. The van der Waals surface area contributed by atoms with Crippen molar-refractivity contribution in [2.75, 3.05) is 13.2 Å². The van der Waals surface area contributed by atoms with Gasteiger partial charge in [-0.15, -0.1) is 0 Å². The molecule has 1 heterocycles. The van der Waals surface area contributed by atoms with Crippen LogP contribution in [0.4, 0.5) is 0 Å². The van der Waals surface area contributed by atoms with Crippen LogP contribution in [0, 0.1) is 0 Å². The highest BCUT2D eigenvalue weighted by molar-refractivity contribution is 5.50. The van der Waals surface area contributed by atoms with Gasteiger partial charge in [-0.2, -0.15) is 0 Å². The van der Waals surface area contributed by atoms with E-state index in [0.717, 1.165) is 5.56 Å². The lowest BCUT2D eigenvalue weighted by molar-refractivity contribution is -0.265. The average Bonchev–Trinajstić information content (AvgIpc) is 2.53. The molecule has 1 aliphatic rings. The van der Waals surface area contributed by atoms with Crippen LogP contribution in [0.3, 0.4) is 0 Å². The summed E-state index contributed by atoms with van der Waals surface area (Å²) in [7, 11) is 0. The van der Waals surface area contributed by atoms with E-state index in [1.807, 2.05) is 30.3 Å². The maximum Gasteiger partial charge on any atom is 0.138 e. The first-order valence-electron chi connectivity index (χ1n) is 6.72. The predicted molar refractivity (Wildman–Crippen MR) is 75.3 cm³/mol. The fraction of sp³-hybridized carbons (Fsp3) is 0.467. The third kappa shape index (κ3) is 3.16. The minimum atomic E-state index is -1.58. The normalized spacial score (nSPS) is 37.0. The highest BCUT2D eigenvalue weighted by Gasteiger charge is 2.51. The minimum absolute atomic E-state index is 0.536. The summed E-state index contributed by atoms with van der Waals surface area (Å²) in [6, 6.07) is 9.17. The Kier molecular flexibility index (Phi) is 5.10. The van der Waals surface area contributed by atoms with Crippen LogP contribution in [0.2, 0.25) is 0 Å². The van der Waals surface area contributed by atoms with Gasteiger partial charge in [-0.1, -0.05) is 36.4 Å². The van der Waals surface area contributed by atoms with Gasteiger partial charge in [-0.25, -0.2) is 0 Å². The van der Waals surface area contributed by atoms with Gasteiger partial charge in [0.25, 0.3) is 0 Å². The van der Waals surface area contributed by atoms with Crippen LogP contribution < -0.4 is 0 Å². The minimum Gasteiger partial charge on any atom is -0.394 e. The molecule has 0 aliphatic carbocycles. The summed E-state index contributed by atoms with van der Waals surface area (Å²) in [6.45, 7) is -1.14. The fourth-order valence-electron chi connectivity index (χ4n) is 2.39. The van der Waals surface area contributed by atoms with Gasteiger partial charge < -0.3 is 30.3 Å². The van der Waals surface area contributed by atoms with E-state index in [4.69, 9.17) is 4.74 Å². The molecule has 1 aromatic carbocycles. The first-order valence-corrected chi connectivity index (χ1v) is 6.72. The molecule has 1 saturated heterocycles. The van der Waals surface area contributed by atoms with Crippen LogP contribution >= 0.6 is 0 Å². The van der Waals surface area contributed by atoms with E-state index in [2.05, 4.69) is 0 Å². The van der Waals surface area contributed by atoms with Crippen molar-refractivity contribution in [1.82, 2.24) is 0 Å². The standard InChI is InChI=1S/C15H20O6/c16-8-11-12(18)13(19)14(20)15(9-17,21-11)7-6-10-4-2-1-3-5-10/h1-7,11-14,16-20H,8-9H2/b7-6+/t11-,12+,13+,14-,15-/m1/s1. The van der Waals surface area contributed by atoms with Crippen molar-refractivity contribution in [2.24, 2.45) is 0 Å². The van der Waals surface area contributed by atoms with Crippen molar-refractivity contribution in [3.05, 3.63) is 42.0 Å². The number of benzene rings is 1. The van der Waals surface area contributed by atoms with E-state index in [-0.39, 0.29) is 0 Å². The molecule has 1 aromatic rings. The SMILES string of the molecule is OC[C@H]1O[C@](/C=C/c2ccccc2)(CO)[C@H](O)[C@@H](O)[C@H]1O. The molecule has 1 aliphatic heterocycles. The molecule has 0 aromatic heterocycles. The molecule has 1 fully saturated rings. The third-order valence-electron chi connectivity index (χ3n) is 3.71. The summed E-state index contributed by atoms with van der Waals surface area (Å²) in [5.74, 6) is 0. The topological polar surface area (TPSA) is 110 Å². The molecule has 5 N–H and O–H groups in total. The number of aliphatic hydroxyl groups excluding tert-OH is 5. The fourth-order valence-corrected chi connectivity index (χ4v) is 2.39. The Morgan fingerprint density at radius 3 is 2.29 bits per heavy atom. The molecule has 2 rings (SSSR count). The van der Waals surface area contributed by atoms with Gasteiger partial charge in [0.1, 0.15) is 30.0 Å². The van der Waals surface area contributed by atoms with Gasteiger partial charge in [0.05, 0.1) is 13.2 Å². The zero-order valence-electron chi connectivity index (χ0n) is 11.4. The first-order chi connectivity index (χ1) is 10.0. The quantitative estimate of drug-likeness (QED) is 0.483. The number of rotatable bonds is 4. The van der Waals surface area contributed by atoms with E-state index in [0.29, 0.717) is 0 Å². The monoisotopic (exact) mass is 296 g/mol. The van der Waals surface area contributed by atoms with Crippen LogP contribution in [0.25, 0.3) is 6.08 Å². The number of hydrogen-bond acceptors (Lipinski definition) is 6. The summed E-state index contributed by atoms with van der Waals surface area (Å²) in [5.41, 5.74) is -0.760.